The first-order valence-electron chi connectivity index (χ1n) is 12.6. The molecule has 1 saturated heterocycles. The first kappa shape index (κ1) is 23.8. The Balaban J connectivity index is 1.30. The number of hydrogen-bond donors (Lipinski definition) is 1. The molecular formula is C29H39NO3. The van der Waals surface area contributed by atoms with Gasteiger partial charge in [-0.2, -0.15) is 0 Å². The topological polar surface area (TPSA) is 49.8 Å². The van der Waals surface area contributed by atoms with Crippen LogP contribution in [-0.2, 0) is 24.1 Å². The van der Waals surface area contributed by atoms with Crippen LogP contribution >= 0.6 is 0 Å². The number of carbonyl (C=O) groups excluding carboxylic acids is 1. The van der Waals surface area contributed by atoms with Crippen molar-refractivity contribution in [3.63, 3.8) is 0 Å². The van der Waals surface area contributed by atoms with Gasteiger partial charge in [-0.05, 0) is 72.8 Å². The summed E-state index contributed by atoms with van der Waals surface area (Å²) in [6.45, 7) is 8.56. The van der Waals surface area contributed by atoms with E-state index in [0.29, 0.717) is 18.3 Å². The normalized spacial score (nSPS) is 20.7. The third-order valence-electron chi connectivity index (χ3n) is 7.40. The monoisotopic (exact) mass is 449 g/mol. The molecule has 1 unspecified atom stereocenters. The van der Waals surface area contributed by atoms with Gasteiger partial charge in [0.2, 0.25) is 5.91 Å². The Labute approximate surface area is 199 Å². The van der Waals surface area contributed by atoms with E-state index in [4.69, 9.17) is 9.84 Å². The van der Waals surface area contributed by atoms with Crippen LogP contribution in [0.4, 0.5) is 0 Å². The Morgan fingerprint density at radius 1 is 1.12 bits per heavy atom. The van der Waals surface area contributed by atoms with Gasteiger partial charge in [-0.25, -0.2) is 0 Å². The number of amides is 1. The Morgan fingerprint density at radius 3 is 2.48 bits per heavy atom. The largest absolute Gasteiger partial charge is 0.487 e. The van der Waals surface area contributed by atoms with Crippen molar-refractivity contribution in [2.24, 2.45) is 5.92 Å². The summed E-state index contributed by atoms with van der Waals surface area (Å²) in [4.78, 5) is 14.7. The predicted molar refractivity (Wildman–Crippen MR) is 133 cm³/mol. The predicted octanol–water partition coefficient (Wildman–Crippen LogP) is 5.30. The van der Waals surface area contributed by atoms with Gasteiger partial charge in [-0.3, -0.25) is 4.79 Å². The number of hydrogen-bond acceptors (Lipinski definition) is 3. The third kappa shape index (κ3) is 5.97. The number of nitrogens with zero attached hydrogens (tertiary/aromatic N) is 1. The lowest BCUT2D eigenvalue weighted by Gasteiger charge is -2.31. The lowest BCUT2D eigenvalue weighted by atomic mass is 9.90. The van der Waals surface area contributed by atoms with E-state index in [9.17, 15) is 4.79 Å². The molecule has 2 aromatic rings. The number of aryl methyl sites for hydroxylation is 1. The molecule has 1 amide bonds. The standard InChI is InChI=1S/C29H39NO3/c1-21(2)25-8-4-24(5-9-25)19-29(3)20-26-18-23(6-10-27(26)33-29)7-11-28(32)30-15-12-22(13-16-30)14-17-31/h4-6,8-10,18,21-22,31H,7,11-17,19-20H2,1-3H3. The van der Waals surface area contributed by atoms with E-state index in [1.54, 1.807) is 0 Å². The van der Waals surface area contributed by atoms with Crippen LogP contribution in [0, 0.1) is 5.92 Å². The zero-order valence-corrected chi connectivity index (χ0v) is 20.5. The summed E-state index contributed by atoms with van der Waals surface area (Å²) < 4.78 is 6.39. The van der Waals surface area contributed by atoms with Crippen molar-refractivity contribution in [2.75, 3.05) is 19.7 Å². The molecule has 2 heterocycles. The lowest BCUT2D eigenvalue weighted by molar-refractivity contribution is -0.132. The van der Waals surface area contributed by atoms with Gasteiger partial charge >= 0.3 is 0 Å². The number of ether oxygens (including phenoxy) is 1. The molecule has 4 heteroatoms. The first-order chi connectivity index (χ1) is 15.8. The van der Waals surface area contributed by atoms with Gasteiger partial charge in [-0.15, -0.1) is 0 Å². The van der Waals surface area contributed by atoms with Gasteiger partial charge in [0, 0.05) is 39.0 Å². The van der Waals surface area contributed by atoms with Gasteiger partial charge in [-0.1, -0.05) is 50.2 Å². The van der Waals surface area contributed by atoms with Crippen LogP contribution in [0.3, 0.4) is 0 Å². The Hall–Kier alpha value is -2.33. The van der Waals surface area contributed by atoms with Crippen molar-refractivity contribution in [1.82, 2.24) is 4.90 Å². The van der Waals surface area contributed by atoms with Crippen molar-refractivity contribution in [2.45, 2.75) is 77.2 Å². The van der Waals surface area contributed by atoms with Crippen LogP contribution in [0.25, 0.3) is 0 Å². The van der Waals surface area contributed by atoms with Gasteiger partial charge < -0.3 is 14.7 Å². The molecule has 33 heavy (non-hydrogen) atoms. The van der Waals surface area contributed by atoms with E-state index < -0.39 is 0 Å². The van der Waals surface area contributed by atoms with Crippen molar-refractivity contribution in [3.8, 4) is 5.75 Å². The van der Waals surface area contributed by atoms with Gasteiger partial charge in [0.25, 0.3) is 0 Å². The zero-order valence-electron chi connectivity index (χ0n) is 20.5. The minimum absolute atomic E-state index is 0.227. The molecule has 2 aliphatic rings. The fourth-order valence-electron chi connectivity index (χ4n) is 5.34. The van der Waals surface area contributed by atoms with E-state index >= 15 is 0 Å². The molecule has 2 aromatic carbocycles. The molecule has 1 atom stereocenters. The molecule has 0 saturated carbocycles. The van der Waals surface area contributed by atoms with E-state index in [0.717, 1.165) is 57.4 Å². The minimum atomic E-state index is -0.227. The number of benzene rings is 2. The van der Waals surface area contributed by atoms with Crippen molar-refractivity contribution in [3.05, 3.63) is 64.7 Å². The molecule has 1 fully saturated rings. The number of aliphatic hydroxyl groups excluding tert-OH is 1. The fraction of sp³-hybridized carbons (Fsp3) is 0.552. The highest BCUT2D eigenvalue weighted by Gasteiger charge is 2.35. The summed E-state index contributed by atoms with van der Waals surface area (Å²) in [5.41, 5.74) is 4.92. The second kappa shape index (κ2) is 10.3. The number of piperidine rings is 1. The molecule has 0 aliphatic carbocycles. The summed E-state index contributed by atoms with van der Waals surface area (Å²) in [5, 5.41) is 9.12. The molecule has 0 spiro atoms. The van der Waals surface area contributed by atoms with Crippen LogP contribution in [0.1, 0.15) is 74.6 Å². The molecule has 4 nitrogen and oxygen atoms in total. The van der Waals surface area contributed by atoms with Crippen molar-refractivity contribution in [1.29, 1.82) is 0 Å². The second-order valence-corrected chi connectivity index (χ2v) is 10.6. The maximum absolute atomic E-state index is 12.7. The molecule has 0 bridgehead atoms. The highest BCUT2D eigenvalue weighted by atomic mass is 16.5. The van der Waals surface area contributed by atoms with Crippen LogP contribution in [0.2, 0.25) is 0 Å². The highest BCUT2D eigenvalue weighted by Crippen LogP contribution is 2.38. The molecule has 178 valence electrons. The zero-order chi connectivity index (χ0) is 23.4. The van der Waals surface area contributed by atoms with Gasteiger partial charge in [0.15, 0.2) is 0 Å². The average molecular weight is 450 g/mol. The number of carbonyl (C=O) groups is 1. The van der Waals surface area contributed by atoms with Crippen LogP contribution in [0.5, 0.6) is 5.75 Å². The van der Waals surface area contributed by atoms with Crippen LogP contribution in [0.15, 0.2) is 42.5 Å². The third-order valence-corrected chi connectivity index (χ3v) is 7.40. The molecule has 1 N–H and O–H groups in total. The highest BCUT2D eigenvalue weighted by molar-refractivity contribution is 5.76. The maximum atomic E-state index is 12.7. The van der Waals surface area contributed by atoms with Gasteiger partial charge in [0.05, 0.1) is 0 Å². The summed E-state index contributed by atoms with van der Waals surface area (Å²) in [7, 11) is 0. The SMILES string of the molecule is CC(C)c1ccc(CC2(C)Cc3cc(CCC(=O)N4CCC(CCO)CC4)ccc3O2)cc1. The lowest BCUT2D eigenvalue weighted by Crippen LogP contribution is -2.38. The van der Waals surface area contributed by atoms with Crippen molar-refractivity contribution >= 4 is 5.91 Å². The van der Waals surface area contributed by atoms with E-state index in [2.05, 4.69) is 63.2 Å². The summed E-state index contributed by atoms with van der Waals surface area (Å²) in [6, 6.07) is 15.4. The Morgan fingerprint density at radius 2 is 1.82 bits per heavy atom. The number of likely N-dealkylation sites (tertiary alicyclic amines) is 1. The molecule has 2 aliphatic heterocycles. The Kier molecular flexibility index (Phi) is 7.43. The molecular weight excluding hydrogens is 410 g/mol. The van der Waals surface area contributed by atoms with E-state index in [1.165, 1.54) is 22.3 Å². The summed E-state index contributed by atoms with van der Waals surface area (Å²) >= 11 is 0. The maximum Gasteiger partial charge on any atom is 0.222 e. The summed E-state index contributed by atoms with van der Waals surface area (Å²) in [5.74, 6) is 2.35. The minimum Gasteiger partial charge on any atom is -0.487 e. The molecule has 0 aromatic heterocycles. The smallest absolute Gasteiger partial charge is 0.222 e. The summed E-state index contributed by atoms with van der Waals surface area (Å²) in [6.07, 6.45) is 6.01. The van der Waals surface area contributed by atoms with E-state index in [1.807, 2.05) is 4.90 Å². The van der Waals surface area contributed by atoms with Crippen LogP contribution < -0.4 is 4.74 Å². The average Bonchev–Trinajstić information content (AvgIpc) is 3.13. The number of aliphatic hydroxyl groups is 1. The molecule has 0 radical (unpaired) electrons. The second-order valence-electron chi connectivity index (χ2n) is 10.6. The molecule has 4 rings (SSSR count). The number of fused-ring (bicyclic) bond motifs is 1. The van der Waals surface area contributed by atoms with Crippen molar-refractivity contribution < 1.29 is 14.6 Å². The first-order valence-corrected chi connectivity index (χ1v) is 12.6. The fourth-order valence-corrected chi connectivity index (χ4v) is 5.34. The van der Waals surface area contributed by atoms with Gasteiger partial charge in [0.1, 0.15) is 11.4 Å². The quantitative estimate of drug-likeness (QED) is 0.595. The van der Waals surface area contributed by atoms with E-state index in [-0.39, 0.29) is 18.1 Å². The number of rotatable bonds is 8. The Bertz CT molecular complexity index is 944. The van der Waals surface area contributed by atoms with Crippen LogP contribution in [-0.4, -0.2) is 41.2 Å².